The molecule has 1 aliphatic carbocycles. The summed E-state index contributed by atoms with van der Waals surface area (Å²) in [6, 6.07) is 0. The van der Waals surface area contributed by atoms with Gasteiger partial charge in [-0.2, -0.15) is 0 Å². The number of allylic oxidation sites excluding steroid dienone is 2. The molecule has 8 unspecified atom stereocenters. The van der Waals surface area contributed by atoms with Crippen molar-refractivity contribution >= 4 is 5.97 Å². The van der Waals surface area contributed by atoms with Crippen LogP contribution in [0.5, 0.6) is 0 Å². The van der Waals surface area contributed by atoms with Gasteiger partial charge in [0.05, 0.1) is 12.7 Å². The van der Waals surface area contributed by atoms with Crippen molar-refractivity contribution in [3.63, 3.8) is 0 Å². The van der Waals surface area contributed by atoms with Gasteiger partial charge in [-0.25, -0.2) is 0 Å². The first-order chi connectivity index (χ1) is 12.4. The van der Waals surface area contributed by atoms with E-state index in [9.17, 15) is 25.2 Å². The largest absolute Gasteiger partial charge is 0.481 e. The lowest BCUT2D eigenvalue weighted by molar-refractivity contribution is -0.313. The van der Waals surface area contributed by atoms with Crippen molar-refractivity contribution in [3.8, 4) is 0 Å². The quantitative estimate of drug-likeness (QED) is 0.375. The molecule has 2 fully saturated rings. The lowest BCUT2D eigenvalue weighted by Crippen LogP contribution is -2.59. The van der Waals surface area contributed by atoms with E-state index in [0.717, 1.165) is 6.42 Å². The Bertz CT molecular complexity index is 480. The number of carboxylic acids is 1. The van der Waals surface area contributed by atoms with Crippen molar-refractivity contribution in [2.24, 2.45) is 11.8 Å². The normalized spacial score (nSPS) is 41.0. The van der Waals surface area contributed by atoms with Gasteiger partial charge in [-0.3, -0.25) is 4.79 Å². The highest BCUT2D eigenvalue weighted by molar-refractivity contribution is 5.67. The van der Waals surface area contributed by atoms with Crippen LogP contribution in [0.1, 0.15) is 39.0 Å². The molecule has 1 aliphatic heterocycles. The number of rotatable bonds is 8. The molecule has 0 radical (unpaired) electrons. The molecule has 8 atom stereocenters. The Morgan fingerprint density at radius 3 is 2.50 bits per heavy atom. The minimum atomic E-state index is -1.49. The van der Waals surface area contributed by atoms with Crippen LogP contribution >= 0.6 is 0 Å². The van der Waals surface area contributed by atoms with Gasteiger partial charge in [-0.1, -0.05) is 19.1 Å². The highest BCUT2D eigenvalue weighted by Gasteiger charge is 2.47. The Hall–Kier alpha value is -1.03. The van der Waals surface area contributed by atoms with Crippen molar-refractivity contribution in [1.29, 1.82) is 0 Å². The first-order valence-corrected chi connectivity index (χ1v) is 9.21. The molecule has 0 bridgehead atoms. The summed E-state index contributed by atoms with van der Waals surface area (Å²) in [7, 11) is 0. The molecule has 1 saturated heterocycles. The summed E-state index contributed by atoms with van der Waals surface area (Å²) in [5, 5.41) is 48.3. The molecule has 1 saturated carbocycles. The fourth-order valence-corrected chi connectivity index (χ4v) is 3.87. The van der Waals surface area contributed by atoms with Gasteiger partial charge in [0, 0.05) is 6.42 Å². The number of carbonyl (C=O) groups is 1. The van der Waals surface area contributed by atoms with Gasteiger partial charge >= 0.3 is 5.97 Å². The number of carboxylic acid groups (broad SMARTS) is 1. The molecule has 0 aromatic heterocycles. The number of hydrogen-bond acceptors (Lipinski definition) is 7. The molecule has 0 aromatic rings. The van der Waals surface area contributed by atoms with Crippen LogP contribution < -0.4 is 0 Å². The van der Waals surface area contributed by atoms with Gasteiger partial charge in [0.1, 0.15) is 24.4 Å². The molecule has 2 aliphatic rings. The maximum atomic E-state index is 11.1. The number of aliphatic hydroxyl groups is 4. The van der Waals surface area contributed by atoms with Crippen LogP contribution in [0.4, 0.5) is 0 Å². The van der Waals surface area contributed by atoms with E-state index in [1.165, 1.54) is 0 Å². The summed E-state index contributed by atoms with van der Waals surface area (Å²) < 4.78 is 11.3. The number of aliphatic hydroxyl groups excluding tert-OH is 4. The van der Waals surface area contributed by atoms with E-state index >= 15 is 0 Å². The maximum absolute atomic E-state index is 11.1. The Morgan fingerprint density at radius 2 is 1.88 bits per heavy atom. The summed E-state index contributed by atoms with van der Waals surface area (Å²) >= 11 is 0. The van der Waals surface area contributed by atoms with E-state index in [4.69, 9.17) is 14.6 Å². The monoisotopic (exact) mass is 374 g/mol. The molecule has 0 spiro atoms. The van der Waals surface area contributed by atoms with Gasteiger partial charge in [-0.15, -0.1) is 0 Å². The third-order valence-electron chi connectivity index (χ3n) is 5.31. The molecule has 2 rings (SSSR count). The van der Waals surface area contributed by atoms with E-state index in [0.29, 0.717) is 19.3 Å². The van der Waals surface area contributed by atoms with E-state index in [1.807, 2.05) is 19.1 Å². The third-order valence-corrected chi connectivity index (χ3v) is 5.31. The Kier molecular flexibility index (Phi) is 8.00. The molecule has 8 nitrogen and oxygen atoms in total. The van der Waals surface area contributed by atoms with Gasteiger partial charge in [0.2, 0.25) is 0 Å². The van der Waals surface area contributed by atoms with Crippen molar-refractivity contribution < 1.29 is 39.8 Å². The molecule has 0 amide bonds. The van der Waals surface area contributed by atoms with E-state index in [-0.39, 0.29) is 24.4 Å². The van der Waals surface area contributed by atoms with Crippen LogP contribution in [-0.2, 0) is 14.3 Å². The smallest absolute Gasteiger partial charge is 0.303 e. The van der Waals surface area contributed by atoms with Gasteiger partial charge in [0.25, 0.3) is 0 Å². The zero-order valence-electron chi connectivity index (χ0n) is 15.0. The second-order valence-electron chi connectivity index (χ2n) is 7.09. The minimum Gasteiger partial charge on any atom is -0.481 e. The van der Waals surface area contributed by atoms with E-state index in [2.05, 4.69) is 0 Å². The van der Waals surface area contributed by atoms with Crippen LogP contribution in [-0.4, -0.2) is 74.9 Å². The summed E-state index contributed by atoms with van der Waals surface area (Å²) in [6.07, 6.45) is 0.0423. The molecule has 26 heavy (non-hydrogen) atoms. The first kappa shape index (κ1) is 21.3. The van der Waals surface area contributed by atoms with E-state index in [1.54, 1.807) is 0 Å². The Balaban J connectivity index is 2.07. The van der Waals surface area contributed by atoms with Crippen LogP contribution in [0.25, 0.3) is 0 Å². The first-order valence-electron chi connectivity index (χ1n) is 9.21. The highest BCUT2D eigenvalue weighted by atomic mass is 16.7. The van der Waals surface area contributed by atoms with Gasteiger partial charge in [-0.05, 0) is 37.5 Å². The Morgan fingerprint density at radius 1 is 1.15 bits per heavy atom. The van der Waals surface area contributed by atoms with Crippen molar-refractivity contribution in [2.45, 2.75) is 75.8 Å². The maximum Gasteiger partial charge on any atom is 0.303 e. The van der Waals surface area contributed by atoms with Crippen LogP contribution in [0.3, 0.4) is 0 Å². The lowest BCUT2D eigenvalue weighted by Gasteiger charge is -2.41. The Labute approximate surface area is 153 Å². The number of aliphatic carboxylic acids is 1. The molecule has 5 N–H and O–H groups in total. The molecule has 8 heteroatoms. The zero-order valence-corrected chi connectivity index (χ0v) is 15.0. The zero-order chi connectivity index (χ0) is 19.3. The predicted octanol–water partition coefficient (Wildman–Crippen LogP) is 0.0287. The average Bonchev–Trinajstić information content (AvgIpc) is 2.96. The summed E-state index contributed by atoms with van der Waals surface area (Å²) in [6.45, 7) is 1.50. The molecular formula is C18H30O8. The fourth-order valence-electron chi connectivity index (χ4n) is 3.87. The second kappa shape index (κ2) is 9.77. The summed E-state index contributed by atoms with van der Waals surface area (Å²) in [4.78, 5) is 11.1. The SMILES string of the molecule is CC/C=C/CC1C(CC(=O)O)CCC1OC1OC(CO)C(O)C(O)C1O. The molecule has 150 valence electrons. The van der Waals surface area contributed by atoms with Gasteiger partial charge in [0.15, 0.2) is 6.29 Å². The van der Waals surface area contributed by atoms with Crippen LogP contribution in [0.2, 0.25) is 0 Å². The van der Waals surface area contributed by atoms with Crippen LogP contribution in [0.15, 0.2) is 12.2 Å². The van der Waals surface area contributed by atoms with Crippen molar-refractivity contribution in [2.75, 3.05) is 6.61 Å². The fraction of sp³-hybridized carbons (Fsp3) is 0.833. The van der Waals surface area contributed by atoms with Crippen molar-refractivity contribution in [3.05, 3.63) is 12.2 Å². The van der Waals surface area contributed by atoms with Crippen molar-refractivity contribution in [1.82, 2.24) is 0 Å². The van der Waals surface area contributed by atoms with Gasteiger partial charge < -0.3 is 35.0 Å². The topological polar surface area (TPSA) is 137 Å². The number of ether oxygens (including phenoxy) is 2. The standard InChI is InChI=1S/C18H30O8/c1-2-3-4-5-11-10(8-14(20)21)6-7-12(11)25-18-17(24)16(23)15(22)13(9-19)26-18/h3-4,10-13,15-19,22-24H,2,5-9H2,1H3,(H,20,21)/b4-3+. The summed E-state index contributed by atoms with van der Waals surface area (Å²) in [5.74, 6) is -0.932. The molecule has 1 heterocycles. The average molecular weight is 374 g/mol. The minimum absolute atomic E-state index is 0.0381. The van der Waals surface area contributed by atoms with Crippen LogP contribution in [0, 0.1) is 11.8 Å². The lowest BCUT2D eigenvalue weighted by atomic mass is 9.88. The second-order valence-corrected chi connectivity index (χ2v) is 7.09. The molecular weight excluding hydrogens is 344 g/mol. The highest BCUT2D eigenvalue weighted by Crippen LogP contribution is 2.40. The summed E-state index contributed by atoms with van der Waals surface area (Å²) in [5.41, 5.74) is 0. The third kappa shape index (κ3) is 5.03. The molecule has 0 aromatic carbocycles. The van der Waals surface area contributed by atoms with E-state index < -0.39 is 43.3 Å². The predicted molar refractivity (Wildman–Crippen MR) is 91.2 cm³/mol. The number of hydrogen-bond donors (Lipinski definition) is 5.